The molecular weight excluding hydrogens is 361 g/mol. The van der Waals surface area contributed by atoms with Gasteiger partial charge in [0.15, 0.2) is 6.29 Å². The molecule has 0 aliphatic carbocycles. The van der Waals surface area contributed by atoms with Crippen LogP contribution >= 0.6 is 23.4 Å². The number of ether oxygens (including phenoxy) is 2. The van der Waals surface area contributed by atoms with Crippen LogP contribution in [-0.4, -0.2) is 37.2 Å². The molecule has 0 unspecified atom stereocenters. The van der Waals surface area contributed by atoms with E-state index < -0.39 is 18.0 Å². The molecule has 1 aliphatic rings. The molecule has 2 rings (SSSR count). The van der Waals surface area contributed by atoms with Crippen molar-refractivity contribution in [3.05, 3.63) is 52.6 Å². The van der Waals surface area contributed by atoms with Crippen LogP contribution in [0.15, 0.2) is 42.0 Å². The number of alkyl halides is 3. The highest BCUT2D eigenvalue weighted by Crippen LogP contribution is 2.35. The number of thioether (sulfide) groups is 1. The minimum Gasteiger partial charge on any atom is -0.348 e. The lowest BCUT2D eigenvalue weighted by Gasteiger charge is -2.26. The molecule has 2 nitrogen and oxygen atoms in total. The fraction of sp³-hybridized carbons (Fsp3) is 0.412. The third kappa shape index (κ3) is 5.55. The predicted molar refractivity (Wildman–Crippen MR) is 92.2 cm³/mol. The van der Waals surface area contributed by atoms with Crippen molar-refractivity contribution in [1.82, 2.24) is 0 Å². The molecule has 132 valence electrons. The van der Waals surface area contributed by atoms with Gasteiger partial charge in [-0.3, -0.25) is 0 Å². The van der Waals surface area contributed by atoms with Gasteiger partial charge >= 0.3 is 6.18 Å². The first-order valence-electron chi connectivity index (χ1n) is 7.29. The summed E-state index contributed by atoms with van der Waals surface area (Å²) in [4.78, 5) is 0. The van der Waals surface area contributed by atoms with Gasteiger partial charge in [0.25, 0.3) is 0 Å². The van der Waals surface area contributed by atoms with Crippen molar-refractivity contribution >= 4 is 28.9 Å². The number of rotatable bonds is 4. The highest BCUT2D eigenvalue weighted by molar-refractivity contribution is 7.99. The van der Waals surface area contributed by atoms with Crippen LogP contribution in [0.5, 0.6) is 0 Å². The minimum absolute atomic E-state index is 0.0626. The third-order valence-electron chi connectivity index (χ3n) is 3.46. The molecule has 1 aliphatic heterocycles. The third-order valence-corrected chi connectivity index (χ3v) is 4.65. The highest BCUT2D eigenvalue weighted by atomic mass is 35.5. The number of allylic oxidation sites excluding steroid dienone is 3. The second kappa shape index (κ2) is 8.43. The van der Waals surface area contributed by atoms with Crippen LogP contribution in [0.4, 0.5) is 13.2 Å². The van der Waals surface area contributed by atoms with Crippen LogP contribution in [0.25, 0.3) is 5.57 Å². The van der Waals surface area contributed by atoms with Crippen molar-refractivity contribution in [3.8, 4) is 0 Å². The quantitative estimate of drug-likeness (QED) is 0.659. The molecule has 7 heteroatoms. The van der Waals surface area contributed by atoms with Gasteiger partial charge in [-0.15, -0.1) is 0 Å². The van der Waals surface area contributed by atoms with E-state index in [0.717, 1.165) is 6.08 Å². The van der Waals surface area contributed by atoms with Gasteiger partial charge in [-0.2, -0.15) is 24.9 Å². The Morgan fingerprint density at radius 2 is 1.79 bits per heavy atom. The number of benzene rings is 1. The van der Waals surface area contributed by atoms with Gasteiger partial charge in [-0.05, 0) is 48.6 Å². The lowest BCUT2D eigenvalue weighted by Crippen LogP contribution is -2.32. The van der Waals surface area contributed by atoms with E-state index in [0.29, 0.717) is 23.8 Å². The van der Waals surface area contributed by atoms with Gasteiger partial charge in [0.2, 0.25) is 0 Å². The Balaban J connectivity index is 2.20. The minimum atomic E-state index is -4.47. The molecule has 0 spiro atoms. The monoisotopic (exact) mass is 378 g/mol. The second-order valence-electron chi connectivity index (χ2n) is 5.37. The summed E-state index contributed by atoms with van der Waals surface area (Å²) < 4.78 is 51.0. The van der Waals surface area contributed by atoms with Crippen LogP contribution in [0.1, 0.15) is 12.5 Å². The van der Waals surface area contributed by atoms with Gasteiger partial charge in [0.05, 0.1) is 24.0 Å². The Kier molecular flexibility index (Phi) is 6.80. The summed E-state index contributed by atoms with van der Waals surface area (Å²) in [5.74, 6) is 0. The molecule has 0 N–H and O–H groups in total. The maximum atomic E-state index is 13.3. The molecule has 0 radical (unpaired) electrons. The van der Waals surface area contributed by atoms with Crippen molar-refractivity contribution in [3.63, 3.8) is 0 Å². The Morgan fingerprint density at radius 1 is 1.21 bits per heavy atom. The lowest BCUT2D eigenvalue weighted by atomic mass is 10.0. The number of hydrogen-bond donors (Lipinski definition) is 0. The van der Waals surface area contributed by atoms with Gasteiger partial charge in [-0.25, -0.2) is 0 Å². The topological polar surface area (TPSA) is 18.5 Å². The van der Waals surface area contributed by atoms with Crippen molar-refractivity contribution in [2.75, 3.05) is 19.5 Å². The summed E-state index contributed by atoms with van der Waals surface area (Å²) in [5.41, 5.74) is -0.247. The lowest BCUT2D eigenvalue weighted by molar-refractivity contribution is -0.146. The fourth-order valence-electron chi connectivity index (χ4n) is 2.18. The predicted octanol–water partition coefficient (Wildman–Crippen LogP) is 5.34. The van der Waals surface area contributed by atoms with Crippen molar-refractivity contribution in [1.29, 1.82) is 0 Å². The molecule has 0 atom stereocenters. The smallest absolute Gasteiger partial charge is 0.348 e. The van der Waals surface area contributed by atoms with Gasteiger partial charge in [-0.1, -0.05) is 23.7 Å². The van der Waals surface area contributed by atoms with E-state index >= 15 is 0 Å². The first-order chi connectivity index (χ1) is 11.3. The molecule has 0 amide bonds. The zero-order valence-electron chi connectivity index (χ0n) is 13.3. The molecule has 0 aromatic heterocycles. The average Bonchev–Trinajstić information content (AvgIpc) is 2.53. The first-order valence-corrected chi connectivity index (χ1v) is 8.95. The van der Waals surface area contributed by atoms with Crippen LogP contribution in [-0.2, 0) is 9.47 Å². The first kappa shape index (κ1) is 19.4. The molecule has 0 bridgehead atoms. The van der Waals surface area contributed by atoms with Gasteiger partial charge < -0.3 is 9.47 Å². The number of hydrogen-bond acceptors (Lipinski definition) is 3. The van der Waals surface area contributed by atoms with Crippen molar-refractivity contribution in [2.45, 2.75) is 24.6 Å². The fourth-order valence-corrected chi connectivity index (χ4v) is 2.74. The Bertz CT molecular complexity index is 603. The van der Waals surface area contributed by atoms with E-state index in [2.05, 4.69) is 0 Å². The molecule has 1 aromatic rings. The van der Waals surface area contributed by atoms with Crippen molar-refractivity contribution in [2.24, 2.45) is 0 Å². The normalized spacial score (nSPS) is 23.4. The van der Waals surface area contributed by atoms with E-state index in [1.165, 1.54) is 24.3 Å². The van der Waals surface area contributed by atoms with E-state index in [9.17, 15) is 13.2 Å². The Hall–Kier alpha value is -0.950. The molecule has 1 heterocycles. The van der Waals surface area contributed by atoms with Crippen LogP contribution < -0.4 is 0 Å². The average molecular weight is 379 g/mol. The maximum Gasteiger partial charge on any atom is 0.416 e. The summed E-state index contributed by atoms with van der Waals surface area (Å²) >= 11 is 7.38. The Morgan fingerprint density at radius 3 is 2.29 bits per heavy atom. The Labute approximate surface area is 148 Å². The van der Waals surface area contributed by atoms with E-state index in [1.807, 2.05) is 6.26 Å². The van der Waals surface area contributed by atoms with Gasteiger partial charge in [0, 0.05) is 5.02 Å². The van der Waals surface area contributed by atoms with E-state index in [-0.39, 0.29) is 10.8 Å². The van der Waals surface area contributed by atoms with Crippen molar-refractivity contribution < 1.29 is 22.6 Å². The van der Waals surface area contributed by atoms with Crippen LogP contribution in [0.2, 0.25) is 5.02 Å². The summed E-state index contributed by atoms with van der Waals surface area (Å²) in [7, 11) is 0. The van der Waals surface area contributed by atoms with Crippen LogP contribution in [0, 0.1) is 0 Å². The molecule has 24 heavy (non-hydrogen) atoms. The zero-order chi connectivity index (χ0) is 17.7. The molecule has 1 fully saturated rings. The standard InChI is InChI=1S/C17H18ClF3O2S/c1-11(8-16-22-9-14(24-2)10-23-16)7-15(17(19,20)21)12-3-5-13(18)6-4-12/h3-8,14,16H,9-10H2,1-2H3. The largest absolute Gasteiger partial charge is 0.416 e. The summed E-state index contributed by atoms with van der Waals surface area (Å²) in [5, 5.41) is 0.644. The van der Waals surface area contributed by atoms with Gasteiger partial charge in [0.1, 0.15) is 0 Å². The number of halogens is 4. The summed E-state index contributed by atoms with van der Waals surface area (Å²) in [6.45, 7) is 2.63. The summed E-state index contributed by atoms with van der Waals surface area (Å²) in [6.07, 6.45) is -0.483. The molecular formula is C17H18ClF3O2S. The maximum absolute atomic E-state index is 13.3. The molecule has 0 saturated carbocycles. The highest BCUT2D eigenvalue weighted by Gasteiger charge is 2.34. The molecule has 1 aromatic carbocycles. The summed E-state index contributed by atoms with van der Waals surface area (Å²) in [6, 6.07) is 5.58. The van der Waals surface area contributed by atoms with E-state index in [4.69, 9.17) is 21.1 Å². The van der Waals surface area contributed by atoms with E-state index in [1.54, 1.807) is 24.8 Å². The zero-order valence-corrected chi connectivity index (χ0v) is 14.8. The van der Waals surface area contributed by atoms with Crippen LogP contribution in [0.3, 0.4) is 0 Å². The second-order valence-corrected chi connectivity index (χ2v) is 6.94. The SMILES string of the molecule is CSC1COC(C=C(C)C=C(c2ccc(Cl)cc2)C(F)(F)F)OC1. The molecule has 1 saturated heterocycles.